The van der Waals surface area contributed by atoms with E-state index >= 15 is 0 Å². The first-order valence-corrected chi connectivity index (χ1v) is 10.1. The topological polar surface area (TPSA) is 87.7 Å². The number of hydrogen-bond donors (Lipinski definition) is 2. The summed E-state index contributed by atoms with van der Waals surface area (Å²) in [5.74, 6) is 2.77. The van der Waals surface area contributed by atoms with Crippen LogP contribution >= 0.6 is 0 Å². The molecular formula is C22H27N3O4. The molecule has 154 valence electrons. The van der Waals surface area contributed by atoms with Gasteiger partial charge in [-0.25, -0.2) is 4.79 Å². The lowest BCUT2D eigenvalue weighted by Crippen LogP contribution is -2.48. The number of imide groups is 1. The van der Waals surface area contributed by atoms with Gasteiger partial charge in [-0.2, -0.15) is 0 Å². The van der Waals surface area contributed by atoms with Gasteiger partial charge in [-0.05, 0) is 37.0 Å². The van der Waals surface area contributed by atoms with Crippen LogP contribution in [0.5, 0.6) is 5.75 Å². The minimum atomic E-state index is -0.734. The normalized spacial score (nSPS) is 17.7. The van der Waals surface area contributed by atoms with Gasteiger partial charge in [0.25, 0.3) is 5.91 Å². The van der Waals surface area contributed by atoms with E-state index in [0.717, 1.165) is 24.8 Å². The van der Waals surface area contributed by atoms with Gasteiger partial charge in [-0.1, -0.05) is 37.3 Å². The molecular weight excluding hydrogens is 370 g/mol. The molecule has 4 amide bonds. The molecule has 2 N–H and O–H groups in total. The van der Waals surface area contributed by atoms with Gasteiger partial charge in [0, 0.05) is 19.5 Å². The smallest absolute Gasteiger partial charge is 0.325 e. The maximum Gasteiger partial charge on any atom is 0.325 e. The summed E-state index contributed by atoms with van der Waals surface area (Å²) >= 11 is 0. The van der Waals surface area contributed by atoms with Crippen molar-refractivity contribution in [3.05, 3.63) is 29.8 Å². The zero-order valence-electron chi connectivity index (χ0n) is 16.5. The van der Waals surface area contributed by atoms with Crippen LogP contribution in [0.15, 0.2) is 24.3 Å². The molecule has 1 aromatic rings. The number of terminal acetylenes is 1. The standard InChI is InChI=1S/C22H27N3O4/c1-2-16-29-18-8-6-17(7-9-18)10-14-23-19(26)11-15-25-20(27)22(24-21(25)28)12-4-3-5-13-22/h1,6-9H,3-5,10-16H2,(H,23,26)(H,24,28). The Labute approximate surface area is 171 Å². The molecule has 3 rings (SSSR count). The molecule has 0 atom stereocenters. The van der Waals surface area contributed by atoms with E-state index in [1.165, 1.54) is 4.90 Å². The number of rotatable bonds is 8. The molecule has 1 aromatic carbocycles. The molecule has 0 bridgehead atoms. The second kappa shape index (κ2) is 9.46. The average molecular weight is 397 g/mol. The highest BCUT2D eigenvalue weighted by Crippen LogP contribution is 2.33. The maximum atomic E-state index is 12.7. The number of carbonyl (C=O) groups excluding carboxylic acids is 3. The molecule has 7 nitrogen and oxygen atoms in total. The lowest BCUT2D eigenvalue weighted by atomic mass is 9.82. The van der Waals surface area contributed by atoms with E-state index in [9.17, 15) is 14.4 Å². The van der Waals surface area contributed by atoms with E-state index in [0.29, 0.717) is 31.6 Å². The highest BCUT2D eigenvalue weighted by atomic mass is 16.5. The van der Waals surface area contributed by atoms with E-state index in [4.69, 9.17) is 11.2 Å². The third kappa shape index (κ3) is 5.08. The predicted octanol–water partition coefficient (Wildman–Crippen LogP) is 2.00. The monoisotopic (exact) mass is 397 g/mol. The minimum absolute atomic E-state index is 0.105. The summed E-state index contributed by atoms with van der Waals surface area (Å²) < 4.78 is 5.32. The molecule has 0 unspecified atom stereocenters. The summed E-state index contributed by atoms with van der Waals surface area (Å²) in [5, 5.41) is 5.70. The number of hydrogen-bond acceptors (Lipinski definition) is 4. The molecule has 29 heavy (non-hydrogen) atoms. The maximum absolute atomic E-state index is 12.7. The largest absolute Gasteiger partial charge is 0.481 e. The fourth-order valence-corrected chi connectivity index (χ4v) is 3.90. The molecule has 1 saturated heterocycles. The lowest BCUT2D eigenvalue weighted by Gasteiger charge is -2.30. The summed E-state index contributed by atoms with van der Waals surface area (Å²) in [7, 11) is 0. The number of carbonyl (C=O) groups is 3. The van der Waals surface area contributed by atoms with Crippen LogP contribution in [0.2, 0.25) is 0 Å². The first-order chi connectivity index (χ1) is 14.0. The third-order valence-electron chi connectivity index (χ3n) is 5.50. The first kappa shape index (κ1) is 20.7. The fourth-order valence-electron chi connectivity index (χ4n) is 3.90. The average Bonchev–Trinajstić information content (AvgIpc) is 2.95. The van der Waals surface area contributed by atoms with Crippen molar-refractivity contribution in [1.29, 1.82) is 0 Å². The quantitative estimate of drug-likeness (QED) is 0.519. The molecule has 1 spiro atoms. The Morgan fingerprint density at radius 3 is 2.62 bits per heavy atom. The number of ether oxygens (including phenoxy) is 1. The van der Waals surface area contributed by atoms with Crippen molar-refractivity contribution < 1.29 is 19.1 Å². The van der Waals surface area contributed by atoms with Gasteiger partial charge in [-0.15, -0.1) is 6.42 Å². The Morgan fingerprint density at radius 2 is 1.93 bits per heavy atom. The molecule has 1 aliphatic carbocycles. The molecule has 1 aliphatic heterocycles. The number of amides is 4. The Hall–Kier alpha value is -3.01. The van der Waals surface area contributed by atoms with Crippen molar-refractivity contribution in [2.45, 2.75) is 50.5 Å². The van der Waals surface area contributed by atoms with Gasteiger partial charge in [0.05, 0.1) is 0 Å². The highest BCUT2D eigenvalue weighted by Gasteiger charge is 2.50. The number of nitrogens with one attached hydrogen (secondary N) is 2. The molecule has 0 radical (unpaired) electrons. The van der Waals surface area contributed by atoms with Crippen molar-refractivity contribution in [2.75, 3.05) is 19.7 Å². The number of nitrogens with zero attached hydrogens (tertiary/aromatic N) is 1. The first-order valence-electron chi connectivity index (χ1n) is 10.1. The summed E-state index contributed by atoms with van der Waals surface area (Å²) in [6.45, 7) is 0.820. The van der Waals surface area contributed by atoms with Crippen molar-refractivity contribution in [1.82, 2.24) is 15.5 Å². The summed E-state index contributed by atoms with van der Waals surface area (Å²) in [4.78, 5) is 38.2. The lowest BCUT2D eigenvalue weighted by molar-refractivity contribution is -0.132. The molecule has 7 heteroatoms. The zero-order chi connectivity index (χ0) is 20.7. The predicted molar refractivity (Wildman–Crippen MR) is 108 cm³/mol. The van der Waals surface area contributed by atoms with Crippen LogP contribution in [0.1, 0.15) is 44.1 Å². The number of urea groups is 1. The van der Waals surface area contributed by atoms with Crippen molar-refractivity contribution in [2.24, 2.45) is 0 Å². The van der Waals surface area contributed by atoms with Crippen LogP contribution < -0.4 is 15.4 Å². The Balaban J connectivity index is 1.39. The van der Waals surface area contributed by atoms with E-state index in [1.807, 2.05) is 24.3 Å². The third-order valence-corrected chi connectivity index (χ3v) is 5.50. The summed E-state index contributed by atoms with van der Waals surface area (Å²) in [5.41, 5.74) is 0.328. The van der Waals surface area contributed by atoms with Gasteiger partial charge in [0.1, 0.15) is 17.9 Å². The van der Waals surface area contributed by atoms with Crippen molar-refractivity contribution in [3.8, 4) is 18.1 Å². The molecule has 1 saturated carbocycles. The van der Waals surface area contributed by atoms with Crippen LogP contribution in [0, 0.1) is 12.3 Å². The van der Waals surface area contributed by atoms with Gasteiger partial charge in [-0.3, -0.25) is 14.5 Å². The highest BCUT2D eigenvalue weighted by molar-refractivity contribution is 6.07. The van der Waals surface area contributed by atoms with Crippen molar-refractivity contribution in [3.63, 3.8) is 0 Å². The molecule has 2 aliphatic rings. The molecule has 1 heterocycles. The van der Waals surface area contributed by atoms with Crippen LogP contribution in [0.3, 0.4) is 0 Å². The Bertz CT molecular complexity index is 791. The van der Waals surface area contributed by atoms with Crippen LogP contribution in [-0.4, -0.2) is 48.0 Å². The van der Waals surface area contributed by atoms with E-state index < -0.39 is 5.54 Å². The van der Waals surface area contributed by atoms with Gasteiger partial charge in [0.2, 0.25) is 5.91 Å². The Morgan fingerprint density at radius 1 is 1.21 bits per heavy atom. The van der Waals surface area contributed by atoms with E-state index in [1.54, 1.807) is 0 Å². The number of benzene rings is 1. The zero-order valence-corrected chi connectivity index (χ0v) is 16.5. The van der Waals surface area contributed by atoms with Crippen LogP contribution in [0.4, 0.5) is 4.79 Å². The van der Waals surface area contributed by atoms with Gasteiger partial charge < -0.3 is 15.4 Å². The molecule has 2 fully saturated rings. The van der Waals surface area contributed by atoms with Crippen LogP contribution in [0.25, 0.3) is 0 Å². The van der Waals surface area contributed by atoms with E-state index in [-0.39, 0.29) is 37.4 Å². The molecule has 0 aromatic heterocycles. The second-order valence-electron chi connectivity index (χ2n) is 7.52. The summed E-state index contributed by atoms with van der Waals surface area (Å²) in [6.07, 6.45) is 10.3. The summed E-state index contributed by atoms with van der Waals surface area (Å²) in [6, 6.07) is 7.15. The van der Waals surface area contributed by atoms with Gasteiger partial charge in [0.15, 0.2) is 0 Å². The SMILES string of the molecule is C#CCOc1ccc(CCNC(=O)CCN2C(=O)NC3(CCCCC3)C2=O)cc1. The van der Waals surface area contributed by atoms with Crippen LogP contribution in [-0.2, 0) is 16.0 Å². The van der Waals surface area contributed by atoms with Gasteiger partial charge >= 0.3 is 6.03 Å². The fraction of sp³-hybridized carbons (Fsp3) is 0.500. The second-order valence-corrected chi connectivity index (χ2v) is 7.52. The van der Waals surface area contributed by atoms with E-state index in [2.05, 4.69) is 16.6 Å². The minimum Gasteiger partial charge on any atom is -0.481 e. The van der Waals surface area contributed by atoms with Crippen molar-refractivity contribution >= 4 is 17.8 Å². The Kier molecular flexibility index (Phi) is 6.76.